The van der Waals surface area contributed by atoms with Crippen LogP contribution in [0.2, 0.25) is 0 Å². The number of hydrogen-bond acceptors (Lipinski definition) is 8. The number of ether oxygens (including phenoxy) is 2. The maximum absolute atomic E-state index is 15.5. The molecule has 0 radical (unpaired) electrons. The molecule has 3 aromatic carbocycles. The first kappa shape index (κ1) is 35.0. The smallest absolute Gasteiger partial charge is 0.440 e. The first-order chi connectivity index (χ1) is 23.4. The second-order valence-electron chi connectivity index (χ2n) is 12.6. The summed E-state index contributed by atoms with van der Waals surface area (Å²) in [6.45, 7) is 5.80. The SMILES string of the molecule is CSc1cc(-c2ccc(-c3cc(C(F)(F)C(=O)NC(C)(C)C)nn3C)c(-c3oc(C)nc3-c3ccc4c(c3)OC(F)(F)O4)c2)cc(F)c1CO. The molecular weight excluding hydrogens is 683 g/mol. The van der Waals surface area contributed by atoms with E-state index in [1.165, 1.54) is 47.8 Å². The number of alkyl halides is 4. The number of hydrogen-bond donors (Lipinski definition) is 2. The van der Waals surface area contributed by atoms with Crippen LogP contribution in [0, 0.1) is 12.7 Å². The van der Waals surface area contributed by atoms with Gasteiger partial charge in [0.15, 0.2) is 23.1 Å². The van der Waals surface area contributed by atoms with Crippen molar-refractivity contribution in [2.75, 3.05) is 6.26 Å². The summed E-state index contributed by atoms with van der Waals surface area (Å²) in [6, 6.07) is 13.1. The highest BCUT2D eigenvalue weighted by atomic mass is 32.2. The molecule has 262 valence electrons. The summed E-state index contributed by atoms with van der Waals surface area (Å²) >= 11 is 1.25. The molecular formula is C35H31F5N4O5S. The first-order valence-electron chi connectivity index (χ1n) is 15.2. The van der Waals surface area contributed by atoms with Crippen molar-refractivity contribution in [3.8, 4) is 56.5 Å². The average molecular weight is 715 g/mol. The highest BCUT2D eigenvalue weighted by Crippen LogP contribution is 2.46. The molecule has 15 heteroatoms. The molecule has 3 heterocycles. The third kappa shape index (κ3) is 6.54. The fourth-order valence-electron chi connectivity index (χ4n) is 5.56. The summed E-state index contributed by atoms with van der Waals surface area (Å²) in [5.41, 5.74) is 0.639. The van der Waals surface area contributed by atoms with Crippen molar-refractivity contribution < 1.29 is 45.7 Å². The second kappa shape index (κ2) is 12.5. The number of carbonyl (C=O) groups excluding carboxylic acids is 1. The van der Waals surface area contributed by atoms with Gasteiger partial charge in [0.25, 0.3) is 5.91 Å². The molecule has 0 spiro atoms. The summed E-state index contributed by atoms with van der Waals surface area (Å²) in [6.07, 6.45) is -2.11. The zero-order valence-corrected chi connectivity index (χ0v) is 28.4. The summed E-state index contributed by atoms with van der Waals surface area (Å²) in [4.78, 5) is 17.6. The minimum Gasteiger partial charge on any atom is -0.440 e. The molecule has 6 rings (SSSR count). The van der Waals surface area contributed by atoms with E-state index in [9.17, 15) is 18.7 Å². The van der Waals surface area contributed by atoms with Gasteiger partial charge in [-0.15, -0.1) is 20.5 Å². The van der Waals surface area contributed by atoms with Crippen molar-refractivity contribution in [1.82, 2.24) is 20.1 Å². The maximum Gasteiger partial charge on any atom is 0.586 e. The van der Waals surface area contributed by atoms with Crippen LogP contribution in [-0.4, -0.2) is 43.9 Å². The zero-order valence-electron chi connectivity index (χ0n) is 27.6. The van der Waals surface area contributed by atoms with Gasteiger partial charge in [0.05, 0.1) is 12.3 Å². The number of fused-ring (bicyclic) bond motifs is 1. The third-order valence-electron chi connectivity index (χ3n) is 7.79. The summed E-state index contributed by atoms with van der Waals surface area (Å²) in [5, 5.41) is 16.0. The lowest BCUT2D eigenvalue weighted by molar-refractivity contribution is -0.286. The minimum atomic E-state index is -3.99. The van der Waals surface area contributed by atoms with Crippen molar-refractivity contribution in [2.24, 2.45) is 7.05 Å². The Balaban J connectivity index is 1.55. The van der Waals surface area contributed by atoms with Gasteiger partial charge in [-0.25, -0.2) is 9.37 Å². The monoisotopic (exact) mass is 714 g/mol. The predicted octanol–water partition coefficient (Wildman–Crippen LogP) is 8.07. The number of benzene rings is 3. The molecule has 0 aliphatic carbocycles. The fraction of sp³-hybridized carbons (Fsp3) is 0.286. The molecule has 0 saturated carbocycles. The van der Waals surface area contributed by atoms with Crippen LogP contribution >= 0.6 is 11.8 Å². The number of aryl methyl sites for hydroxylation is 2. The Hall–Kier alpha value is -4.89. The molecule has 9 nitrogen and oxygen atoms in total. The Morgan fingerprint density at radius 1 is 0.980 bits per heavy atom. The number of thioether (sulfide) groups is 1. The van der Waals surface area contributed by atoms with Gasteiger partial charge >= 0.3 is 12.2 Å². The van der Waals surface area contributed by atoms with Gasteiger partial charge in [0.2, 0.25) is 0 Å². The molecule has 0 saturated heterocycles. The van der Waals surface area contributed by atoms with Crippen LogP contribution in [0.5, 0.6) is 11.5 Å². The van der Waals surface area contributed by atoms with Crippen LogP contribution in [0.3, 0.4) is 0 Å². The molecule has 0 unspecified atom stereocenters. The Bertz CT molecular complexity index is 2140. The number of nitrogens with one attached hydrogen (secondary N) is 1. The topological polar surface area (TPSA) is 112 Å². The number of carbonyl (C=O) groups is 1. The van der Waals surface area contributed by atoms with Crippen molar-refractivity contribution in [2.45, 2.75) is 57.0 Å². The van der Waals surface area contributed by atoms with Crippen molar-refractivity contribution in [3.05, 3.63) is 77.6 Å². The number of amides is 1. The third-order valence-corrected chi connectivity index (χ3v) is 8.59. The van der Waals surface area contributed by atoms with Gasteiger partial charge in [0, 0.05) is 46.7 Å². The molecule has 0 atom stereocenters. The Morgan fingerprint density at radius 2 is 1.68 bits per heavy atom. The van der Waals surface area contributed by atoms with Crippen LogP contribution in [-0.2, 0) is 24.4 Å². The van der Waals surface area contributed by atoms with Crippen LogP contribution in [0.25, 0.3) is 45.0 Å². The molecule has 50 heavy (non-hydrogen) atoms. The summed E-state index contributed by atoms with van der Waals surface area (Å²) in [5.74, 6) is -6.24. The molecule has 1 amide bonds. The van der Waals surface area contributed by atoms with E-state index in [0.717, 1.165) is 6.07 Å². The van der Waals surface area contributed by atoms with Crippen molar-refractivity contribution in [1.29, 1.82) is 0 Å². The van der Waals surface area contributed by atoms with Crippen LogP contribution < -0.4 is 14.8 Å². The standard InChI is InChI=1S/C35H31F5N4O5S/c1-17-41-30(19-8-10-26-27(13-19)49-35(39,40)48-26)31(47-17)22-11-18(20-12-24(36)23(16-45)28(14-20)50-6)7-9-21(22)25-15-29(43-44(25)5)34(37,38)32(46)42-33(2,3)4/h7-15,45H,16H2,1-6H3,(H,42,46). The van der Waals surface area contributed by atoms with E-state index < -0.39 is 41.8 Å². The van der Waals surface area contributed by atoms with E-state index in [2.05, 4.69) is 24.9 Å². The predicted molar refractivity (Wildman–Crippen MR) is 175 cm³/mol. The van der Waals surface area contributed by atoms with Crippen molar-refractivity contribution in [3.63, 3.8) is 0 Å². The number of aliphatic hydroxyl groups is 1. The Morgan fingerprint density at radius 3 is 2.36 bits per heavy atom. The van der Waals surface area contributed by atoms with Crippen LogP contribution in [0.1, 0.15) is 37.9 Å². The number of halogens is 5. The first-order valence-corrected chi connectivity index (χ1v) is 16.4. The van der Waals surface area contributed by atoms with Gasteiger partial charge < -0.3 is 24.3 Å². The molecule has 1 aliphatic heterocycles. The van der Waals surface area contributed by atoms with E-state index in [-0.39, 0.29) is 40.1 Å². The molecule has 1 aliphatic rings. The number of rotatable bonds is 8. The van der Waals surface area contributed by atoms with Gasteiger partial charge in [-0.05, 0) is 80.6 Å². The van der Waals surface area contributed by atoms with E-state index in [4.69, 9.17) is 4.42 Å². The lowest BCUT2D eigenvalue weighted by Crippen LogP contribution is -2.47. The molecule has 0 bridgehead atoms. The number of oxazole rings is 1. The number of aromatic nitrogens is 3. The van der Waals surface area contributed by atoms with E-state index in [1.807, 2.05) is 0 Å². The zero-order chi connectivity index (χ0) is 36.3. The second-order valence-corrected chi connectivity index (χ2v) is 13.5. The average Bonchev–Trinajstić information content (AvgIpc) is 3.71. The fourth-order valence-corrected chi connectivity index (χ4v) is 6.21. The highest BCUT2D eigenvalue weighted by molar-refractivity contribution is 7.98. The maximum atomic E-state index is 15.5. The van der Waals surface area contributed by atoms with Gasteiger partial charge in [-0.2, -0.15) is 13.9 Å². The highest BCUT2D eigenvalue weighted by Gasteiger charge is 2.46. The molecule has 0 fully saturated rings. The lowest BCUT2D eigenvalue weighted by Gasteiger charge is -2.23. The summed E-state index contributed by atoms with van der Waals surface area (Å²) < 4.78 is 90.2. The molecule has 5 aromatic rings. The van der Waals surface area contributed by atoms with E-state index in [1.54, 1.807) is 58.2 Å². The van der Waals surface area contributed by atoms with Crippen LogP contribution in [0.15, 0.2) is 63.9 Å². The van der Waals surface area contributed by atoms with E-state index in [0.29, 0.717) is 32.7 Å². The normalized spacial score (nSPS) is 13.9. The van der Waals surface area contributed by atoms with Gasteiger partial charge in [-0.1, -0.05) is 12.1 Å². The largest absolute Gasteiger partial charge is 0.586 e. The lowest BCUT2D eigenvalue weighted by atomic mass is 9.93. The van der Waals surface area contributed by atoms with E-state index >= 15 is 13.2 Å². The van der Waals surface area contributed by atoms with Gasteiger partial charge in [-0.3, -0.25) is 9.48 Å². The Kier molecular flexibility index (Phi) is 8.71. The molecule has 2 N–H and O–H groups in total. The van der Waals surface area contributed by atoms with Crippen molar-refractivity contribution >= 4 is 17.7 Å². The quantitative estimate of drug-likeness (QED) is 0.123. The number of nitrogens with zero attached hydrogens (tertiary/aromatic N) is 3. The number of aliphatic hydroxyl groups excluding tert-OH is 1. The summed E-state index contributed by atoms with van der Waals surface area (Å²) in [7, 11) is 1.44. The van der Waals surface area contributed by atoms with Crippen LogP contribution in [0.4, 0.5) is 22.0 Å². The minimum absolute atomic E-state index is 0.127. The van der Waals surface area contributed by atoms with Gasteiger partial charge in [0.1, 0.15) is 17.2 Å². The Labute approximate surface area is 287 Å². The molecule has 2 aromatic heterocycles.